The highest BCUT2D eigenvalue weighted by molar-refractivity contribution is 7.99. The van der Waals surface area contributed by atoms with Crippen LogP contribution in [-0.2, 0) is 16.6 Å². The number of esters is 1. The third-order valence-corrected chi connectivity index (χ3v) is 5.86. The van der Waals surface area contributed by atoms with E-state index < -0.39 is 0 Å². The quantitative estimate of drug-likeness (QED) is 0.774. The molecule has 0 N–H and O–H groups in total. The number of methoxy groups -OCH3 is 1. The summed E-state index contributed by atoms with van der Waals surface area (Å²) in [6.45, 7) is 6.79. The van der Waals surface area contributed by atoms with Crippen molar-refractivity contribution in [2.24, 2.45) is 7.05 Å². The molecule has 23 heavy (non-hydrogen) atoms. The van der Waals surface area contributed by atoms with Gasteiger partial charge < -0.3 is 14.2 Å². The lowest BCUT2D eigenvalue weighted by atomic mass is 10.1. The monoisotopic (exact) mass is 338 g/mol. The Morgan fingerprint density at radius 2 is 2.04 bits per heavy atom. The molecule has 1 saturated heterocycles. The molecule has 0 spiro atoms. The molecule has 1 aromatic heterocycles. The predicted molar refractivity (Wildman–Crippen MR) is 92.7 cm³/mol. The van der Waals surface area contributed by atoms with Crippen molar-refractivity contribution >= 4 is 23.6 Å². The molecule has 2 heterocycles. The van der Waals surface area contributed by atoms with Gasteiger partial charge >= 0.3 is 5.97 Å². The number of carbonyl (C=O) groups is 2. The SMILES string of the molecule is CCCCN1C(=O)CCSC1c1c(C(=O)OC)c(C)n(C)c1C. The van der Waals surface area contributed by atoms with Crippen LogP contribution in [0.25, 0.3) is 0 Å². The normalized spacial score (nSPS) is 18.4. The highest BCUT2D eigenvalue weighted by Crippen LogP contribution is 2.42. The summed E-state index contributed by atoms with van der Waals surface area (Å²) in [5.74, 6) is 0.648. The Labute approximate surface area is 142 Å². The number of unbranched alkanes of at least 4 members (excludes halogenated alkanes) is 1. The van der Waals surface area contributed by atoms with Crippen LogP contribution < -0.4 is 0 Å². The van der Waals surface area contributed by atoms with Gasteiger partial charge in [-0.1, -0.05) is 13.3 Å². The van der Waals surface area contributed by atoms with Crippen LogP contribution in [0.15, 0.2) is 0 Å². The minimum atomic E-state index is -0.324. The number of rotatable bonds is 5. The molecule has 0 radical (unpaired) electrons. The van der Waals surface area contributed by atoms with Crippen LogP contribution in [-0.4, -0.2) is 40.8 Å². The summed E-state index contributed by atoms with van der Waals surface area (Å²) in [7, 11) is 3.36. The first kappa shape index (κ1) is 17.9. The largest absolute Gasteiger partial charge is 0.465 e. The summed E-state index contributed by atoms with van der Waals surface area (Å²) < 4.78 is 7.01. The van der Waals surface area contributed by atoms with Crippen LogP contribution in [0.4, 0.5) is 0 Å². The van der Waals surface area contributed by atoms with Crippen LogP contribution >= 0.6 is 11.8 Å². The van der Waals surface area contributed by atoms with Crippen molar-refractivity contribution in [3.63, 3.8) is 0 Å². The fourth-order valence-electron chi connectivity index (χ4n) is 3.07. The molecule has 1 aromatic rings. The fraction of sp³-hybridized carbons (Fsp3) is 0.647. The Bertz CT molecular complexity index is 609. The maximum Gasteiger partial charge on any atom is 0.340 e. The molecule has 1 unspecified atom stereocenters. The van der Waals surface area contributed by atoms with Crippen molar-refractivity contribution in [1.82, 2.24) is 9.47 Å². The number of hydrogen-bond donors (Lipinski definition) is 0. The van der Waals surface area contributed by atoms with E-state index in [1.807, 2.05) is 30.4 Å². The number of nitrogens with zero attached hydrogens (tertiary/aromatic N) is 2. The molecule has 0 aromatic carbocycles. The van der Waals surface area contributed by atoms with Gasteiger partial charge in [0.1, 0.15) is 5.37 Å². The average molecular weight is 338 g/mol. The van der Waals surface area contributed by atoms with Gasteiger partial charge in [0.15, 0.2) is 0 Å². The second kappa shape index (κ2) is 7.43. The first-order chi connectivity index (χ1) is 10.9. The molecule has 1 aliphatic heterocycles. The summed E-state index contributed by atoms with van der Waals surface area (Å²) in [4.78, 5) is 26.7. The minimum Gasteiger partial charge on any atom is -0.465 e. The molecule has 0 bridgehead atoms. The zero-order valence-corrected chi connectivity index (χ0v) is 15.5. The number of thioether (sulfide) groups is 1. The summed E-state index contributed by atoms with van der Waals surface area (Å²) >= 11 is 1.74. The number of hydrogen-bond acceptors (Lipinski definition) is 4. The lowest BCUT2D eigenvalue weighted by Gasteiger charge is -2.36. The summed E-state index contributed by atoms with van der Waals surface area (Å²) in [6, 6.07) is 0. The van der Waals surface area contributed by atoms with Gasteiger partial charge in [0.2, 0.25) is 5.91 Å². The predicted octanol–water partition coefficient (Wildman–Crippen LogP) is 3.19. The van der Waals surface area contributed by atoms with Gasteiger partial charge in [-0.2, -0.15) is 0 Å². The van der Waals surface area contributed by atoms with Crippen LogP contribution in [0.3, 0.4) is 0 Å². The number of aromatic nitrogens is 1. The number of carbonyl (C=O) groups excluding carboxylic acids is 2. The van der Waals surface area contributed by atoms with Gasteiger partial charge in [-0.3, -0.25) is 4.79 Å². The minimum absolute atomic E-state index is 0.100. The topological polar surface area (TPSA) is 51.5 Å². The van der Waals surface area contributed by atoms with Crippen molar-refractivity contribution in [1.29, 1.82) is 0 Å². The average Bonchev–Trinajstić information content (AvgIpc) is 2.77. The Morgan fingerprint density at radius 1 is 1.35 bits per heavy atom. The van der Waals surface area contributed by atoms with Crippen molar-refractivity contribution < 1.29 is 14.3 Å². The maximum atomic E-state index is 12.4. The molecular weight excluding hydrogens is 312 g/mol. The zero-order chi connectivity index (χ0) is 17.1. The molecule has 1 atom stereocenters. The Kier molecular flexibility index (Phi) is 5.79. The smallest absolute Gasteiger partial charge is 0.340 e. The first-order valence-electron chi connectivity index (χ1n) is 8.09. The molecule has 128 valence electrons. The Hall–Kier alpha value is -1.43. The third-order valence-electron chi connectivity index (χ3n) is 4.61. The van der Waals surface area contributed by atoms with Gasteiger partial charge in [-0.25, -0.2) is 4.79 Å². The van der Waals surface area contributed by atoms with Gasteiger partial charge in [0.05, 0.1) is 12.7 Å². The summed E-state index contributed by atoms with van der Waals surface area (Å²) in [6.07, 6.45) is 2.59. The standard InChI is InChI=1S/C17H26N2O3S/c1-6-7-9-19-13(20)8-10-23-16(19)14-11(2)18(4)12(3)15(14)17(21)22-5/h16H,6-10H2,1-5H3. The van der Waals surface area contributed by atoms with E-state index in [2.05, 4.69) is 6.92 Å². The Balaban J connectivity index is 2.51. The molecule has 1 amide bonds. The second-order valence-electron chi connectivity index (χ2n) is 5.92. The first-order valence-corrected chi connectivity index (χ1v) is 9.14. The molecule has 5 nitrogen and oxygen atoms in total. The van der Waals surface area contributed by atoms with Crippen molar-refractivity contribution in [2.45, 2.75) is 45.4 Å². The van der Waals surface area contributed by atoms with Crippen molar-refractivity contribution in [3.05, 3.63) is 22.5 Å². The fourth-order valence-corrected chi connectivity index (χ4v) is 4.44. The molecule has 6 heteroatoms. The molecular formula is C17H26N2O3S. The van der Waals surface area contributed by atoms with Crippen LogP contribution in [0.2, 0.25) is 0 Å². The van der Waals surface area contributed by atoms with E-state index in [0.29, 0.717) is 12.0 Å². The maximum absolute atomic E-state index is 12.4. The lowest BCUT2D eigenvalue weighted by molar-refractivity contribution is -0.132. The highest BCUT2D eigenvalue weighted by atomic mass is 32.2. The Morgan fingerprint density at radius 3 is 2.65 bits per heavy atom. The van der Waals surface area contributed by atoms with Gasteiger partial charge in [-0.15, -0.1) is 11.8 Å². The molecule has 0 saturated carbocycles. The number of ether oxygens (including phenoxy) is 1. The van der Waals surface area contributed by atoms with Crippen LogP contribution in [0.1, 0.15) is 58.9 Å². The molecule has 2 rings (SSSR count). The van der Waals surface area contributed by atoms with E-state index in [0.717, 1.165) is 42.1 Å². The van der Waals surface area contributed by atoms with Gasteiger partial charge in [-0.05, 0) is 20.3 Å². The number of amides is 1. The van der Waals surface area contributed by atoms with Gasteiger partial charge in [0.25, 0.3) is 0 Å². The van der Waals surface area contributed by atoms with Crippen molar-refractivity contribution in [3.8, 4) is 0 Å². The van der Waals surface area contributed by atoms with Crippen molar-refractivity contribution in [2.75, 3.05) is 19.4 Å². The molecule has 1 fully saturated rings. The zero-order valence-electron chi connectivity index (χ0n) is 14.6. The second-order valence-corrected chi connectivity index (χ2v) is 7.11. The van der Waals surface area contributed by atoms with E-state index in [4.69, 9.17) is 4.74 Å². The third kappa shape index (κ3) is 3.27. The molecule has 0 aliphatic carbocycles. The van der Waals surface area contributed by atoms with E-state index in [-0.39, 0.29) is 17.3 Å². The summed E-state index contributed by atoms with van der Waals surface area (Å²) in [5, 5.41) is -0.100. The van der Waals surface area contributed by atoms with Gasteiger partial charge in [0, 0.05) is 42.7 Å². The van der Waals surface area contributed by atoms with E-state index in [9.17, 15) is 9.59 Å². The lowest BCUT2D eigenvalue weighted by Crippen LogP contribution is -2.38. The highest BCUT2D eigenvalue weighted by Gasteiger charge is 2.36. The van der Waals surface area contributed by atoms with E-state index >= 15 is 0 Å². The molecule has 1 aliphatic rings. The van der Waals surface area contributed by atoms with Crippen LogP contribution in [0.5, 0.6) is 0 Å². The summed E-state index contributed by atoms with van der Waals surface area (Å²) in [5.41, 5.74) is 3.46. The van der Waals surface area contributed by atoms with Crippen LogP contribution in [0, 0.1) is 13.8 Å². The van der Waals surface area contributed by atoms with E-state index in [1.165, 1.54) is 7.11 Å². The van der Waals surface area contributed by atoms with E-state index in [1.54, 1.807) is 11.8 Å².